The number of rotatable bonds is 3. The number of anilines is 1. The van der Waals surface area contributed by atoms with Crippen molar-refractivity contribution in [1.82, 2.24) is 4.57 Å². The van der Waals surface area contributed by atoms with Crippen molar-refractivity contribution < 1.29 is 5.11 Å². The summed E-state index contributed by atoms with van der Waals surface area (Å²) in [5, 5.41) is 9.56. The molecule has 1 aromatic rings. The third-order valence-corrected chi connectivity index (χ3v) is 3.46. The predicted octanol–water partition coefficient (Wildman–Crippen LogP) is 0.830. The van der Waals surface area contributed by atoms with E-state index >= 15 is 0 Å². The van der Waals surface area contributed by atoms with Gasteiger partial charge in [-0.1, -0.05) is 0 Å². The third-order valence-electron chi connectivity index (χ3n) is 2.06. The second-order valence-corrected chi connectivity index (χ2v) is 9.02. The van der Waals surface area contributed by atoms with E-state index in [2.05, 4.69) is 18.8 Å². The van der Waals surface area contributed by atoms with Crippen molar-refractivity contribution in [3.63, 3.8) is 0 Å². The Bertz CT molecular complexity index is 407. The Kier molecular flexibility index (Phi) is 3.34. The van der Waals surface area contributed by atoms with E-state index in [-0.39, 0.29) is 11.4 Å². The fraction of sp³-hybridized carbons (Fsp3) is 0.500. The number of aromatic nitrogens is 1. The summed E-state index contributed by atoms with van der Waals surface area (Å²) < 4.78 is 1.36. The van der Waals surface area contributed by atoms with E-state index in [1.165, 1.54) is 16.7 Å². The summed E-state index contributed by atoms with van der Waals surface area (Å²) in [4.78, 5) is 11.5. The summed E-state index contributed by atoms with van der Waals surface area (Å²) in [6.45, 7) is 0.545. The molecular weight excluding hydrogens is 212 g/mol. The molecule has 15 heavy (non-hydrogen) atoms. The van der Waals surface area contributed by atoms with Crippen molar-refractivity contribution >= 4 is 15.7 Å². The van der Waals surface area contributed by atoms with Crippen molar-refractivity contribution in [3.05, 3.63) is 22.5 Å². The first-order valence-corrected chi connectivity index (χ1v) is 7.67. The van der Waals surface area contributed by atoms with Crippen LogP contribution in [0, 0.1) is 0 Å². The van der Waals surface area contributed by atoms with Crippen molar-refractivity contribution in [3.8, 4) is 5.88 Å². The van der Waals surface area contributed by atoms with Crippen LogP contribution in [0.25, 0.3) is 0 Å². The molecule has 4 nitrogen and oxygen atoms in total. The number of aromatic hydroxyl groups is 1. The maximum Gasteiger partial charge on any atom is 0.255 e. The van der Waals surface area contributed by atoms with E-state index in [1.54, 1.807) is 0 Å². The van der Waals surface area contributed by atoms with E-state index in [4.69, 9.17) is 5.73 Å². The Balaban J connectivity index is 2.91. The predicted molar refractivity (Wildman–Crippen MR) is 67.0 cm³/mol. The van der Waals surface area contributed by atoms with Gasteiger partial charge in [-0.25, -0.2) is 10.0 Å². The molecule has 0 atom stereocenters. The van der Waals surface area contributed by atoms with Crippen molar-refractivity contribution in [2.24, 2.45) is 0 Å². The summed E-state index contributed by atoms with van der Waals surface area (Å²) in [5.74, 6) is 0.855. The molecule has 0 aliphatic rings. The molecule has 0 saturated carbocycles. The number of hydrogen-bond donors (Lipinski definition) is 2. The largest absolute Gasteiger partial charge is 0.494 e. The molecule has 0 fully saturated rings. The van der Waals surface area contributed by atoms with Crippen LogP contribution in [-0.2, 0) is 6.54 Å². The molecule has 86 valence electrons. The molecule has 5 heteroatoms. The van der Waals surface area contributed by atoms with Gasteiger partial charge in [-0.15, -0.1) is 0 Å². The zero-order chi connectivity index (χ0) is 11.6. The molecule has 1 rings (SSSR count). The molecule has 1 aromatic heterocycles. The van der Waals surface area contributed by atoms with E-state index in [1.807, 2.05) is 0 Å². The highest BCUT2D eigenvalue weighted by Gasteiger charge is 2.08. The zero-order valence-corrected chi connectivity index (χ0v) is 10.2. The lowest BCUT2D eigenvalue weighted by Crippen LogP contribution is -2.22. The summed E-state index contributed by atoms with van der Waals surface area (Å²) in [7, 11) is -0.668. The molecule has 1 heterocycles. The van der Waals surface area contributed by atoms with Gasteiger partial charge in [-0.05, 0) is 24.5 Å². The highest BCUT2D eigenvalue weighted by molar-refractivity contribution is 8.32. The molecule has 0 unspecified atom stereocenters. The molecule has 0 aliphatic carbocycles. The molecule has 0 spiro atoms. The maximum atomic E-state index is 11.5. The molecule has 0 saturated heterocycles. The first kappa shape index (κ1) is 12.0. The minimum Gasteiger partial charge on any atom is -0.494 e. The highest BCUT2D eigenvalue weighted by atomic mass is 32.3. The Morgan fingerprint density at radius 2 is 2.00 bits per heavy atom. The van der Waals surface area contributed by atoms with Gasteiger partial charge in [-0.3, -0.25) is 9.36 Å². The van der Waals surface area contributed by atoms with Gasteiger partial charge in [0.25, 0.3) is 5.56 Å². The third kappa shape index (κ3) is 3.51. The minimum absolute atomic E-state index is 0.0522. The molecule has 3 N–H and O–H groups in total. The molecule has 0 aliphatic heterocycles. The van der Waals surface area contributed by atoms with E-state index in [0.29, 0.717) is 12.2 Å². The summed E-state index contributed by atoms with van der Waals surface area (Å²) >= 11 is 0. The highest BCUT2D eigenvalue weighted by Crippen LogP contribution is 2.34. The van der Waals surface area contributed by atoms with Crippen LogP contribution < -0.4 is 11.3 Å². The number of pyridine rings is 1. The molecular formula is C10H18N2O2S. The van der Waals surface area contributed by atoms with E-state index in [0.717, 1.165) is 5.75 Å². The standard InChI is InChI=1S/C10H18N2O2S/c1-15(2,3)5-4-12-9(13)6-8(11)7-10(12)14/h6-7,13H,4-5,11H2,1-3H3. The van der Waals surface area contributed by atoms with Gasteiger partial charge in [0, 0.05) is 24.4 Å². The van der Waals surface area contributed by atoms with E-state index < -0.39 is 10.0 Å². The zero-order valence-electron chi connectivity index (χ0n) is 9.36. The molecule has 0 aromatic carbocycles. The normalized spacial score (nSPS) is 12.7. The van der Waals surface area contributed by atoms with Gasteiger partial charge in [0.15, 0.2) is 5.88 Å². The average molecular weight is 230 g/mol. The monoisotopic (exact) mass is 230 g/mol. The van der Waals surface area contributed by atoms with E-state index in [9.17, 15) is 9.90 Å². The SMILES string of the molecule is CS(C)(C)CCn1c(O)cc(N)cc1=O. The molecule has 0 radical (unpaired) electrons. The maximum absolute atomic E-state index is 11.5. The van der Waals surface area contributed by atoms with Crippen LogP contribution >= 0.6 is 10.0 Å². The van der Waals surface area contributed by atoms with Crippen LogP contribution in [0.15, 0.2) is 16.9 Å². The lowest BCUT2D eigenvalue weighted by Gasteiger charge is -2.25. The van der Waals surface area contributed by atoms with Gasteiger partial charge in [0.2, 0.25) is 0 Å². The number of hydrogen-bond acceptors (Lipinski definition) is 3. The summed E-state index contributed by atoms with van der Waals surface area (Å²) in [6, 6.07) is 2.73. The Hall–Kier alpha value is -1.10. The molecule has 0 bridgehead atoms. The number of nitrogens with zero attached hydrogens (tertiary/aromatic N) is 1. The fourth-order valence-corrected chi connectivity index (χ4v) is 1.92. The fourth-order valence-electron chi connectivity index (χ4n) is 1.19. The average Bonchev–Trinajstić information content (AvgIpc) is 1.99. The van der Waals surface area contributed by atoms with Crippen LogP contribution in [0.4, 0.5) is 5.69 Å². The number of nitrogen functional groups attached to an aromatic ring is 1. The minimum atomic E-state index is -0.668. The quantitative estimate of drug-likeness (QED) is 0.808. The second-order valence-electron chi connectivity index (χ2n) is 4.43. The van der Waals surface area contributed by atoms with Gasteiger partial charge in [-0.2, -0.15) is 0 Å². The van der Waals surface area contributed by atoms with Crippen molar-refractivity contribution in [2.75, 3.05) is 30.3 Å². The smallest absolute Gasteiger partial charge is 0.255 e. The second kappa shape index (κ2) is 4.18. The van der Waals surface area contributed by atoms with Crippen molar-refractivity contribution in [2.45, 2.75) is 6.54 Å². The van der Waals surface area contributed by atoms with Crippen LogP contribution in [0.3, 0.4) is 0 Å². The lowest BCUT2D eigenvalue weighted by atomic mass is 10.4. The number of nitrogens with two attached hydrogens (primary N) is 1. The van der Waals surface area contributed by atoms with Crippen LogP contribution in [0.1, 0.15) is 0 Å². The van der Waals surface area contributed by atoms with Gasteiger partial charge >= 0.3 is 0 Å². The first-order chi connectivity index (χ1) is 6.79. The Morgan fingerprint density at radius 3 is 2.47 bits per heavy atom. The Morgan fingerprint density at radius 1 is 1.40 bits per heavy atom. The van der Waals surface area contributed by atoms with Crippen LogP contribution in [0.2, 0.25) is 0 Å². The van der Waals surface area contributed by atoms with Gasteiger partial charge < -0.3 is 10.8 Å². The van der Waals surface area contributed by atoms with Crippen LogP contribution in [0.5, 0.6) is 5.88 Å². The summed E-state index contributed by atoms with van der Waals surface area (Å²) in [6.07, 6.45) is 6.52. The lowest BCUT2D eigenvalue weighted by molar-refractivity contribution is 0.412. The topological polar surface area (TPSA) is 68.2 Å². The van der Waals surface area contributed by atoms with Crippen LogP contribution in [-0.4, -0.2) is 34.2 Å². The van der Waals surface area contributed by atoms with Crippen molar-refractivity contribution in [1.29, 1.82) is 0 Å². The van der Waals surface area contributed by atoms with Gasteiger partial charge in [0.1, 0.15) is 0 Å². The molecule has 0 amide bonds. The first-order valence-electron chi connectivity index (χ1n) is 4.65. The van der Waals surface area contributed by atoms with Gasteiger partial charge in [0.05, 0.1) is 0 Å². The Labute approximate surface area is 91.0 Å². The summed E-state index contributed by atoms with van der Waals surface area (Å²) in [5.41, 5.74) is 5.51.